The van der Waals surface area contributed by atoms with E-state index in [0.717, 1.165) is 0 Å². The molecule has 0 saturated carbocycles. The summed E-state index contributed by atoms with van der Waals surface area (Å²) in [5, 5.41) is 24.8. The zero-order valence-electron chi connectivity index (χ0n) is 12.4. The minimum atomic E-state index is -0.693. The number of rotatable bonds is 7. The quantitative estimate of drug-likeness (QED) is 0.616. The second kappa shape index (κ2) is 7.10. The molecule has 0 fully saturated rings. The van der Waals surface area contributed by atoms with Crippen LogP contribution in [0.4, 0.5) is 5.69 Å². The van der Waals surface area contributed by atoms with Gasteiger partial charge in [0.1, 0.15) is 6.33 Å². The molecule has 0 saturated heterocycles. The molecule has 0 spiro atoms. The lowest BCUT2D eigenvalue weighted by molar-refractivity contribution is -0.384. The lowest BCUT2D eigenvalue weighted by Crippen LogP contribution is -2.24. The summed E-state index contributed by atoms with van der Waals surface area (Å²) in [5.74, 6) is 0.376. The molecule has 1 aromatic carbocycles. The van der Waals surface area contributed by atoms with Gasteiger partial charge in [-0.1, -0.05) is 12.1 Å². The Morgan fingerprint density at radius 1 is 1.45 bits per heavy atom. The van der Waals surface area contributed by atoms with Crippen LogP contribution in [-0.2, 0) is 11.3 Å². The van der Waals surface area contributed by atoms with Crippen LogP contribution in [0.15, 0.2) is 30.6 Å². The molecule has 2 aromatic rings. The average Bonchev–Trinajstić information content (AvgIpc) is 2.93. The predicted molar refractivity (Wildman–Crippen MR) is 79.2 cm³/mol. The number of aromatic nitrogens is 3. The van der Waals surface area contributed by atoms with Crippen LogP contribution in [0.1, 0.15) is 13.8 Å². The van der Waals surface area contributed by atoms with Gasteiger partial charge in [0.25, 0.3) is 5.69 Å². The molecule has 118 valence electrons. The monoisotopic (exact) mass is 306 g/mol. The van der Waals surface area contributed by atoms with Crippen molar-refractivity contribution in [2.24, 2.45) is 0 Å². The maximum Gasteiger partial charge on any atom is 0.270 e. The first-order valence-corrected chi connectivity index (χ1v) is 6.89. The Labute approximate surface area is 127 Å². The second-order valence-corrected chi connectivity index (χ2v) is 5.13. The Bertz CT molecular complexity index is 641. The van der Waals surface area contributed by atoms with E-state index in [2.05, 4.69) is 10.1 Å². The zero-order valence-corrected chi connectivity index (χ0v) is 12.4. The van der Waals surface area contributed by atoms with Crippen LogP contribution in [0.3, 0.4) is 0 Å². The third-order valence-corrected chi connectivity index (χ3v) is 2.87. The molecule has 0 amide bonds. The summed E-state index contributed by atoms with van der Waals surface area (Å²) in [6.07, 6.45) is 0.833. The van der Waals surface area contributed by atoms with E-state index in [-0.39, 0.29) is 24.9 Å². The number of ether oxygens (including phenoxy) is 1. The number of nitrogens with zero attached hydrogens (tertiary/aromatic N) is 4. The van der Waals surface area contributed by atoms with Gasteiger partial charge in [0.05, 0.1) is 30.3 Å². The number of nitro groups is 1. The van der Waals surface area contributed by atoms with Crippen molar-refractivity contribution in [2.75, 3.05) is 6.61 Å². The number of benzene rings is 1. The highest BCUT2D eigenvalue weighted by Crippen LogP contribution is 2.20. The topological polar surface area (TPSA) is 103 Å². The summed E-state index contributed by atoms with van der Waals surface area (Å²) in [6, 6.07) is 6.11. The normalized spacial score (nSPS) is 12.5. The van der Waals surface area contributed by atoms with E-state index in [0.29, 0.717) is 11.4 Å². The van der Waals surface area contributed by atoms with Crippen molar-refractivity contribution in [2.45, 2.75) is 32.6 Å². The van der Waals surface area contributed by atoms with Crippen molar-refractivity contribution < 1.29 is 14.8 Å². The van der Waals surface area contributed by atoms with E-state index in [1.54, 1.807) is 12.1 Å². The second-order valence-electron chi connectivity index (χ2n) is 5.13. The lowest BCUT2D eigenvalue weighted by Gasteiger charge is -2.12. The highest BCUT2D eigenvalue weighted by Gasteiger charge is 2.12. The molecule has 1 aromatic heterocycles. The fourth-order valence-corrected chi connectivity index (χ4v) is 1.85. The highest BCUT2D eigenvalue weighted by molar-refractivity contribution is 5.58. The summed E-state index contributed by atoms with van der Waals surface area (Å²) in [4.78, 5) is 14.4. The van der Waals surface area contributed by atoms with Crippen LogP contribution in [0, 0.1) is 10.1 Å². The van der Waals surface area contributed by atoms with E-state index in [1.165, 1.54) is 23.1 Å². The first kappa shape index (κ1) is 16.1. The van der Waals surface area contributed by atoms with E-state index in [4.69, 9.17) is 4.74 Å². The van der Waals surface area contributed by atoms with E-state index < -0.39 is 11.0 Å². The molecular formula is C14H18N4O4. The summed E-state index contributed by atoms with van der Waals surface area (Å²) in [7, 11) is 0. The minimum Gasteiger partial charge on any atom is -0.389 e. The average molecular weight is 306 g/mol. The Kier molecular flexibility index (Phi) is 5.18. The molecule has 0 aliphatic rings. The Hall–Kier alpha value is -2.32. The summed E-state index contributed by atoms with van der Waals surface area (Å²) in [6.45, 7) is 4.24. The molecule has 0 radical (unpaired) electrons. The number of aliphatic hydroxyl groups excluding tert-OH is 1. The summed E-state index contributed by atoms with van der Waals surface area (Å²) in [5.41, 5.74) is 0.542. The van der Waals surface area contributed by atoms with Crippen molar-refractivity contribution in [3.8, 4) is 11.4 Å². The number of nitro benzene ring substituents is 1. The van der Waals surface area contributed by atoms with Crippen molar-refractivity contribution in [1.82, 2.24) is 14.8 Å². The molecule has 0 aliphatic carbocycles. The van der Waals surface area contributed by atoms with Crippen molar-refractivity contribution in [3.63, 3.8) is 0 Å². The van der Waals surface area contributed by atoms with Gasteiger partial charge in [-0.15, -0.1) is 0 Å². The molecule has 1 heterocycles. The largest absolute Gasteiger partial charge is 0.389 e. The van der Waals surface area contributed by atoms with Crippen LogP contribution in [0.25, 0.3) is 11.4 Å². The number of aliphatic hydroxyl groups is 1. The number of hydrogen-bond acceptors (Lipinski definition) is 6. The first-order valence-electron chi connectivity index (χ1n) is 6.89. The Morgan fingerprint density at radius 3 is 2.91 bits per heavy atom. The van der Waals surface area contributed by atoms with E-state index in [1.807, 2.05) is 13.8 Å². The van der Waals surface area contributed by atoms with Gasteiger partial charge in [0.15, 0.2) is 5.82 Å². The molecule has 2 rings (SSSR count). The van der Waals surface area contributed by atoms with Crippen molar-refractivity contribution >= 4 is 5.69 Å². The molecule has 0 aliphatic heterocycles. The molecule has 8 heteroatoms. The fraction of sp³-hybridized carbons (Fsp3) is 0.429. The van der Waals surface area contributed by atoms with Crippen molar-refractivity contribution in [3.05, 3.63) is 40.7 Å². The summed E-state index contributed by atoms with van der Waals surface area (Å²) < 4.78 is 6.81. The fourth-order valence-electron chi connectivity index (χ4n) is 1.85. The maximum absolute atomic E-state index is 10.8. The molecule has 1 unspecified atom stereocenters. The lowest BCUT2D eigenvalue weighted by atomic mass is 10.2. The molecule has 1 N–H and O–H groups in total. The number of non-ortho nitro benzene ring substituents is 1. The molecule has 22 heavy (non-hydrogen) atoms. The van der Waals surface area contributed by atoms with Crippen LogP contribution >= 0.6 is 0 Å². The summed E-state index contributed by atoms with van der Waals surface area (Å²) >= 11 is 0. The van der Waals surface area contributed by atoms with E-state index >= 15 is 0 Å². The van der Waals surface area contributed by atoms with Gasteiger partial charge < -0.3 is 9.84 Å². The molecule has 0 bridgehead atoms. The predicted octanol–water partition coefficient (Wildman–Crippen LogP) is 1.64. The Balaban J connectivity index is 2.05. The Morgan fingerprint density at radius 2 is 2.23 bits per heavy atom. The smallest absolute Gasteiger partial charge is 0.270 e. The van der Waals surface area contributed by atoms with Crippen LogP contribution in [0.2, 0.25) is 0 Å². The zero-order chi connectivity index (χ0) is 16.1. The van der Waals surface area contributed by atoms with Gasteiger partial charge in [-0.2, -0.15) is 5.10 Å². The van der Waals surface area contributed by atoms with Crippen LogP contribution < -0.4 is 0 Å². The van der Waals surface area contributed by atoms with Gasteiger partial charge >= 0.3 is 0 Å². The van der Waals surface area contributed by atoms with Crippen LogP contribution in [-0.4, -0.2) is 43.6 Å². The van der Waals surface area contributed by atoms with E-state index in [9.17, 15) is 15.2 Å². The van der Waals surface area contributed by atoms with Gasteiger partial charge in [-0.3, -0.25) is 10.1 Å². The van der Waals surface area contributed by atoms with Gasteiger partial charge in [-0.25, -0.2) is 9.67 Å². The SMILES string of the molecule is CC(C)OCC(O)Cn1cnc(-c2cccc([N+](=O)[O-])c2)n1. The van der Waals surface area contributed by atoms with Gasteiger partial charge in [-0.05, 0) is 13.8 Å². The third-order valence-electron chi connectivity index (χ3n) is 2.87. The number of hydrogen-bond donors (Lipinski definition) is 1. The first-order chi connectivity index (χ1) is 10.5. The molecular weight excluding hydrogens is 288 g/mol. The molecule has 8 nitrogen and oxygen atoms in total. The third kappa shape index (κ3) is 4.34. The minimum absolute atomic E-state index is 0.0146. The highest BCUT2D eigenvalue weighted by atomic mass is 16.6. The van der Waals surface area contributed by atoms with Gasteiger partial charge in [0, 0.05) is 17.7 Å². The van der Waals surface area contributed by atoms with Crippen LogP contribution in [0.5, 0.6) is 0 Å². The maximum atomic E-state index is 10.8. The van der Waals surface area contributed by atoms with Gasteiger partial charge in [0.2, 0.25) is 0 Å². The molecule has 1 atom stereocenters. The standard InChI is InChI=1S/C14H18N4O4/c1-10(2)22-8-13(19)7-17-9-15-14(16-17)11-4-3-5-12(6-11)18(20)21/h3-6,9-10,13,19H,7-8H2,1-2H3. The van der Waals surface area contributed by atoms with Crippen molar-refractivity contribution in [1.29, 1.82) is 0 Å².